The van der Waals surface area contributed by atoms with E-state index in [-0.39, 0.29) is 11.9 Å². The predicted molar refractivity (Wildman–Crippen MR) is 61.9 cm³/mol. The first-order valence-corrected chi connectivity index (χ1v) is 5.89. The molecule has 4 nitrogen and oxygen atoms in total. The third-order valence-electron chi connectivity index (χ3n) is 2.28. The van der Waals surface area contributed by atoms with Crippen LogP contribution in [0.15, 0.2) is 18.7 Å². The molecule has 1 N–H and O–H groups in total. The highest BCUT2D eigenvalue weighted by Crippen LogP contribution is 2.06. The van der Waals surface area contributed by atoms with Crippen LogP contribution in [0.5, 0.6) is 0 Å². The number of alkyl halides is 1. The molecule has 0 bridgehead atoms. The lowest BCUT2D eigenvalue weighted by atomic mass is 10.1. The van der Waals surface area contributed by atoms with E-state index in [1.54, 1.807) is 0 Å². The predicted octanol–water partition coefficient (Wildman–Crippen LogP) is 1.63. The highest BCUT2D eigenvalue weighted by molar-refractivity contribution is 9.09. The van der Waals surface area contributed by atoms with Crippen LogP contribution in [-0.4, -0.2) is 27.2 Å². The summed E-state index contributed by atoms with van der Waals surface area (Å²) in [6, 6.07) is 0.122. The third kappa shape index (κ3) is 3.58. The molecule has 0 spiro atoms. The fourth-order valence-corrected chi connectivity index (χ4v) is 1.54. The fourth-order valence-electron chi connectivity index (χ4n) is 0.982. The Morgan fingerprint density at radius 3 is 2.60 bits per heavy atom. The van der Waals surface area contributed by atoms with Crippen molar-refractivity contribution in [2.24, 2.45) is 5.92 Å². The number of hydrogen-bond donors (Lipinski definition) is 1. The van der Waals surface area contributed by atoms with Gasteiger partial charge in [0, 0.05) is 23.8 Å². The van der Waals surface area contributed by atoms with Gasteiger partial charge in [-0.3, -0.25) is 4.79 Å². The average Bonchev–Trinajstić information content (AvgIpc) is 2.29. The van der Waals surface area contributed by atoms with Gasteiger partial charge in [0.05, 0.1) is 5.56 Å². The van der Waals surface area contributed by atoms with Gasteiger partial charge in [-0.15, -0.1) is 0 Å². The van der Waals surface area contributed by atoms with Crippen LogP contribution in [0, 0.1) is 5.92 Å². The number of carbonyl (C=O) groups is 1. The lowest BCUT2D eigenvalue weighted by Gasteiger charge is -2.18. The van der Waals surface area contributed by atoms with Gasteiger partial charge < -0.3 is 5.32 Å². The molecule has 1 aromatic heterocycles. The van der Waals surface area contributed by atoms with Gasteiger partial charge in [-0.25, -0.2) is 9.97 Å². The summed E-state index contributed by atoms with van der Waals surface area (Å²) >= 11 is 3.39. The van der Waals surface area contributed by atoms with Crippen molar-refractivity contribution >= 4 is 21.8 Å². The van der Waals surface area contributed by atoms with Crippen molar-refractivity contribution < 1.29 is 4.79 Å². The van der Waals surface area contributed by atoms with E-state index in [1.807, 2.05) is 6.92 Å². The summed E-state index contributed by atoms with van der Waals surface area (Å²) in [5, 5.41) is 3.76. The second-order valence-corrected chi connectivity index (χ2v) is 4.17. The standard InChI is InChI=1S/C10H14BrN3O/c1-7(3-11)8(2)14-10(15)9-4-12-6-13-5-9/h4-8H,3H2,1-2H3,(H,14,15). The Labute approximate surface area is 97.6 Å². The first kappa shape index (κ1) is 12.1. The van der Waals surface area contributed by atoms with Gasteiger partial charge in [0.25, 0.3) is 5.91 Å². The largest absolute Gasteiger partial charge is 0.349 e. The third-order valence-corrected chi connectivity index (χ3v) is 3.30. The SMILES string of the molecule is CC(CBr)C(C)NC(=O)c1cncnc1. The van der Waals surface area contributed by atoms with E-state index in [1.165, 1.54) is 18.7 Å². The number of nitrogens with one attached hydrogen (secondary N) is 1. The molecule has 0 saturated carbocycles. The van der Waals surface area contributed by atoms with E-state index in [0.29, 0.717) is 11.5 Å². The van der Waals surface area contributed by atoms with Crippen molar-refractivity contribution in [3.05, 3.63) is 24.3 Å². The molecule has 15 heavy (non-hydrogen) atoms. The van der Waals surface area contributed by atoms with Crippen molar-refractivity contribution in [2.45, 2.75) is 19.9 Å². The summed E-state index contributed by atoms with van der Waals surface area (Å²) in [6.45, 7) is 4.05. The molecule has 0 aliphatic carbocycles. The normalized spacial score (nSPS) is 14.3. The highest BCUT2D eigenvalue weighted by Gasteiger charge is 2.14. The number of carbonyl (C=O) groups excluding carboxylic acids is 1. The minimum atomic E-state index is -0.129. The minimum Gasteiger partial charge on any atom is -0.349 e. The molecule has 1 heterocycles. The van der Waals surface area contributed by atoms with Gasteiger partial charge in [0.15, 0.2) is 0 Å². The fraction of sp³-hybridized carbons (Fsp3) is 0.500. The summed E-state index contributed by atoms with van der Waals surface area (Å²) in [6.07, 6.45) is 4.42. The van der Waals surface area contributed by atoms with Crippen LogP contribution in [0.1, 0.15) is 24.2 Å². The molecular formula is C10H14BrN3O. The molecule has 2 unspecified atom stereocenters. The smallest absolute Gasteiger partial charge is 0.254 e. The molecule has 0 aromatic carbocycles. The number of rotatable bonds is 4. The number of nitrogens with zero attached hydrogens (tertiary/aromatic N) is 2. The molecule has 0 aliphatic rings. The number of halogens is 1. The minimum absolute atomic E-state index is 0.122. The van der Waals surface area contributed by atoms with Crippen molar-refractivity contribution in [2.75, 3.05) is 5.33 Å². The summed E-state index contributed by atoms with van der Waals surface area (Å²) in [5.41, 5.74) is 0.492. The zero-order valence-corrected chi connectivity index (χ0v) is 10.4. The van der Waals surface area contributed by atoms with Crippen LogP contribution >= 0.6 is 15.9 Å². The van der Waals surface area contributed by atoms with Crippen LogP contribution in [0.3, 0.4) is 0 Å². The van der Waals surface area contributed by atoms with E-state index < -0.39 is 0 Å². The monoisotopic (exact) mass is 271 g/mol. The summed E-state index contributed by atoms with van der Waals surface area (Å²) in [4.78, 5) is 19.3. The number of hydrogen-bond acceptors (Lipinski definition) is 3. The van der Waals surface area contributed by atoms with Gasteiger partial charge in [-0.1, -0.05) is 22.9 Å². The van der Waals surface area contributed by atoms with Gasteiger partial charge in [0.2, 0.25) is 0 Å². The highest BCUT2D eigenvalue weighted by atomic mass is 79.9. The molecule has 1 rings (SSSR count). The maximum Gasteiger partial charge on any atom is 0.254 e. The van der Waals surface area contributed by atoms with Crippen LogP contribution < -0.4 is 5.32 Å². The van der Waals surface area contributed by atoms with Crippen molar-refractivity contribution in [3.8, 4) is 0 Å². The Kier molecular flexibility index (Phi) is 4.68. The van der Waals surface area contributed by atoms with Crippen molar-refractivity contribution in [1.82, 2.24) is 15.3 Å². The molecule has 0 saturated heterocycles. The van der Waals surface area contributed by atoms with Gasteiger partial charge in [-0.2, -0.15) is 0 Å². The number of amides is 1. The lowest BCUT2D eigenvalue weighted by molar-refractivity contribution is 0.0930. The topological polar surface area (TPSA) is 54.9 Å². The van der Waals surface area contributed by atoms with Gasteiger partial charge in [0.1, 0.15) is 6.33 Å². The second kappa shape index (κ2) is 5.80. The first-order valence-electron chi connectivity index (χ1n) is 4.77. The molecule has 0 aliphatic heterocycles. The molecule has 2 atom stereocenters. The van der Waals surface area contributed by atoms with E-state index in [0.717, 1.165) is 5.33 Å². The molecule has 1 aromatic rings. The Hall–Kier alpha value is -0.970. The Morgan fingerprint density at radius 2 is 2.07 bits per heavy atom. The molecule has 5 heteroatoms. The van der Waals surface area contributed by atoms with Crippen LogP contribution in [-0.2, 0) is 0 Å². The quantitative estimate of drug-likeness (QED) is 0.847. The maximum atomic E-state index is 11.7. The maximum absolute atomic E-state index is 11.7. The van der Waals surface area contributed by atoms with Crippen molar-refractivity contribution in [1.29, 1.82) is 0 Å². The average molecular weight is 272 g/mol. The summed E-state index contributed by atoms with van der Waals surface area (Å²) in [7, 11) is 0. The Morgan fingerprint density at radius 1 is 1.47 bits per heavy atom. The van der Waals surface area contributed by atoms with E-state index in [4.69, 9.17) is 0 Å². The zero-order chi connectivity index (χ0) is 11.3. The molecule has 82 valence electrons. The first-order chi connectivity index (χ1) is 7.15. The lowest BCUT2D eigenvalue weighted by Crippen LogP contribution is -2.37. The Bertz CT molecular complexity index is 318. The van der Waals surface area contributed by atoms with E-state index >= 15 is 0 Å². The Balaban J connectivity index is 2.57. The van der Waals surface area contributed by atoms with Crippen molar-refractivity contribution in [3.63, 3.8) is 0 Å². The van der Waals surface area contributed by atoms with Crippen LogP contribution in [0.2, 0.25) is 0 Å². The van der Waals surface area contributed by atoms with Gasteiger partial charge in [-0.05, 0) is 12.8 Å². The molecule has 1 amide bonds. The van der Waals surface area contributed by atoms with E-state index in [9.17, 15) is 4.79 Å². The molecule has 0 radical (unpaired) electrons. The molecular weight excluding hydrogens is 258 g/mol. The second-order valence-electron chi connectivity index (χ2n) is 3.52. The van der Waals surface area contributed by atoms with Crippen LogP contribution in [0.25, 0.3) is 0 Å². The summed E-state index contributed by atoms with van der Waals surface area (Å²) in [5.74, 6) is 0.259. The van der Waals surface area contributed by atoms with Crippen LogP contribution in [0.4, 0.5) is 0 Å². The van der Waals surface area contributed by atoms with Gasteiger partial charge >= 0.3 is 0 Å². The number of aromatic nitrogens is 2. The summed E-state index contributed by atoms with van der Waals surface area (Å²) < 4.78 is 0. The zero-order valence-electron chi connectivity index (χ0n) is 8.77. The molecule has 0 fully saturated rings. The van der Waals surface area contributed by atoms with E-state index in [2.05, 4.69) is 38.1 Å².